The Labute approximate surface area is 135 Å². The molecular weight excluding hydrogens is 296 g/mol. The number of carbonyl (C=O) groups is 3. The molecule has 1 aliphatic rings. The third-order valence-corrected chi connectivity index (χ3v) is 3.93. The number of para-hydroxylation sites is 1. The summed E-state index contributed by atoms with van der Waals surface area (Å²) in [7, 11) is 1.27. The first-order chi connectivity index (χ1) is 10.9. The average Bonchev–Trinajstić information content (AvgIpc) is 2.53. The Bertz CT molecular complexity index is 604. The maximum atomic E-state index is 12.3. The van der Waals surface area contributed by atoms with E-state index in [0.29, 0.717) is 24.9 Å². The number of esters is 1. The normalized spacial score (nSPS) is 20.7. The van der Waals surface area contributed by atoms with Crippen molar-refractivity contribution in [3.63, 3.8) is 0 Å². The third kappa shape index (κ3) is 4.09. The highest BCUT2D eigenvalue weighted by atomic mass is 16.5. The van der Waals surface area contributed by atoms with Crippen molar-refractivity contribution in [2.75, 3.05) is 25.5 Å². The fraction of sp³-hybridized carbons (Fsp3) is 0.471. The number of ether oxygens (including phenoxy) is 1. The number of hydrogen-bond acceptors (Lipinski definition) is 4. The summed E-state index contributed by atoms with van der Waals surface area (Å²) in [5.74, 6) is -1.12. The summed E-state index contributed by atoms with van der Waals surface area (Å²) in [4.78, 5) is 37.9. The first-order valence-corrected chi connectivity index (χ1v) is 7.70. The Kier molecular flexibility index (Phi) is 5.36. The summed E-state index contributed by atoms with van der Waals surface area (Å²) < 4.78 is 4.68. The zero-order chi connectivity index (χ0) is 17.0. The van der Waals surface area contributed by atoms with Crippen molar-refractivity contribution in [3.8, 4) is 0 Å². The predicted octanol–water partition coefficient (Wildman–Crippen LogP) is 1.92. The van der Waals surface area contributed by atoms with Crippen LogP contribution in [0.3, 0.4) is 0 Å². The van der Waals surface area contributed by atoms with Gasteiger partial charge in [-0.2, -0.15) is 0 Å². The molecule has 0 aromatic heterocycles. The quantitative estimate of drug-likeness (QED) is 0.667. The highest BCUT2D eigenvalue weighted by Crippen LogP contribution is 2.21. The molecular formula is C17H22N2O4. The minimum absolute atomic E-state index is 0.219. The lowest BCUT2D eigenvalue weighted by molar-refractivity contribution is -0.144. The molecule has 2 amide bonds. The van der Waals surface area contributed by atoms with E-state index in [1.165, 1.54) is 13.2 Å². The molecule has 0 saturated carbocycles. The van der Waals surface area contributed by atoms with Crippen LogP contribution in [-0.4, -0.2) is 42.9 Å². The zero-order valence-corrected chi connectivity index (χ0v) is 13.7. The number of amides is 2. The third-order valence-electron chi connectivity index (χ3n) is 3.93. The van der Waals surface area contributed by atoms with E-state index in [9.17, 15) is 14.4 Å². The number of nitrogens with one attached hydrogen (secondary N) is 1. The van der Waals surface area contributed by atoms with Gasteiger partial charge in [-0.3, -0.25) is 9.59 Å². The van der Waals surface area contributed by atoms with E-state index in [4.69, 9.17) is 0 Å². The number of benzene rings is 1. The van der Waals surface area contributed by atoms with Gasteiger partial charge < -0.3 is 15.0 Å². The molecule has 1 aromatic rings. The van der Waals surface area contributed by atoms with Crippen molar-refractivity contribution in [1.82, 2.24) is 4.90 Å². The number of methoxy groups -OCH3 is 1. The van der Waals surface area contributed by atoms with Gasteiger partial charge in [0.15, 0.2) is 0 Å². The van der Waals surface area contributed by atoms with Gasteiger partial charge in [0, 0.05) is 13.1 Å². The molecule has 23 heavy (non-hydrogen) atoms. The van der Waals surface area contributed by atoms with E-state index in [1.54, 1.807) is 23.1 Å². The number of likely N-dealkylation sites (tertiary alicyclic amines) is 1. The molecule has 2 unspecified atom stereocenters. The standard InChI is InChI=1S/C17H22N2O4/c1-11-8-12(2)10-19(9-11)16(21)15(20)18-14-7-5-4-6-13(14)17(22)23-3/h4-7,11-12H,8-10H2,1-3H3,(H,18,20). The lowest BCUT2D eigenvalue weighted by Crippen LogP contribution is -2.47. The van der Waals surface area contributed by atoms with Gasteiger partial charge in [0.25, 0.3) is 0 Å². The SMILES string of the molecule is COC(=O)c1ccccc1NC(=O)C(=O)N1CC(C)CC(C)C1. The topological polar surface area (TPSA) is 75.7 Å². The molecule has 124 valence electrons. The number of piperidine rings is 1. The first-order valence-electron chi connectivity index (χ1n) is 7.70. The van der Waals surface area contributed by atoms with E-state index in [1.807, 2.05) is 0 Å². The van der Waals surface area contributed by atoms with Crippen molar-refractivity contribution >= 4 is 23.5 Å². The van der Waals surface area contributed by atoms with Crippen LogP contribution >= 0.6 is 0 Å². The molecule has 0 spiro atoms. The van der Waals surface area contributed by atoms with Crippen LogP contribution in [0.25, 0.3) is 0 Å². The highest BCUT2D eigenvalue weighted by molar-refractivity contribution is 6.39. The van der Waals surface area contributed by atoms with Crippen molar-refractivity contribution in [3.05, 3.63) is 29.8 Å². The van der Waals surface area contributed by atoms with Gasteiger partial charge in [-0.1, -0.05) is 26.0 Å². The maximum absolute atomic E-state index is 12.3. The van der Waals surface area contributed by atoms with E-state index in [0.717, 1.165) is 6.42 Å². The van der Waals surface area contributed by atoms with E-state index >= 15 is 0 Å². The Balaban J connectivity index is 2.10. The molecule has 0 bridgehead atoms. The fourth-order valence-corrected chi connectivity index (χ4v) is 3.03. The number of carbonyl (C=O) groups excluding carboxylic acids is 3. The molecule has 1 saturated heterocycles. The fourth-order valence-electron chi connectivity index (χ4n) is 3.03. The molecule has 0 aliphatic carbocycles. The van der Waals surface area contributed by atoms with Crippen molar-refractivity contribution in [2.24, 2.45) is 11.8 Å². The largest absolute Gasteiger partial charge is 0.465 e. The van der Waals surface area contributed by atoms with Crippen molar-refractivity contribution in [1.29, 1.82) is 0 Å². The summed E-state index contributed by atoms with van der Waals surface area (Å²) in [5.41, 5.74) is 0.493. The van der Waals surface area contributed by atoms with E-state index in [-0.39, 0.29) is 11.3 Å². The van der Waals surface area contributed by atoms with Crippen molar-refractivity contribution < 1.29 is 19.1 Å². The van der Waals surface area contributed by atoms with Gasteiger partial charge in [0.2, 0.25) is 0 Å². The van der Waals surface area contributed by atoms with Crippen LogP contribution in [0.2, 0.25) is 0 Å². The van der Waals surface area contributed by atoms with Gasteiger partial charge >= 0.3 is 17.8 Å². The van der Waals surface area contributed by atoms with E-state index < -0.39 is 17.8 Å². The van der Waals surface area contributed by atoms with Crippen molar-refractivity contribution in [2.45, 2.75) is 20.3 Å². The van der Waals surface area contributed by atoms with Crippen LogP contribution in [0.4, 0.5) is 5.69 Å². The van der Waals surface area contributed by atoms with E-state index in [2.05, 4.69) is 23.9 Å². The minimum Gasteiger partial charge on any atom is -0.465 e. The molecule has 6 nitrogen and oxygen atoms in total. The first kappa shape index (κ1) is 17.0. The highest BCUT2D eigenvalue weighted by Gasteiger charge is 2.29. The molecule has 1 aliphatic heterocycles. The molecule has 2 rings (SSSR count). The van der Waals surface area contributed by atoms with Gasteiger partial charge in [0.05, 0.1) is 18.4 Å². The van der Waals surface area contributed by atoms with Crippen LogP contribution < -0.4 is 5.32 Å². The number of nitrogens with zero attached hydrogens (tertiary/aromatic N) is 1. The Morgan fingerprint density at radius 2 is 1.74 bits per heavy atom. The van der Waals surface area contributed by atoms with Crippen LogP contribution in [0, 0.1) is 11.8 Å². The van der Waals surface area contributed by atoms with Crippen LogP contribution in [-0.2, 0) is 14.3 Å². The number of anilines is 1. The van der Waals surface area contributed by atoms with Crippen LogP contribution in [0.1, 0.15) is 30.6 Å². The van der Waals surface area contributed by atoms with Gasteiger partial charge in [-0.15, -0.1) is 0 Å². The summed E-state index contributed by atoms with van der Waals surface area (Å²) >= 11 is 0. The Hall–Kier alpha value is -2.37. The van der Waals surface area contributed by atoms with Gasteiger partial charge in [0.1, 0.15) is 0 Å². The minimum atomic E-state index is -0.734. The molecule has 1 heterocycles. The number of hydrogen-bond donors (Lipinski definition) is 1. The second-order valence-electron chi connectivity index (χ2n) is 6.15. The van der Waals surface area contributed by atoms with Gasteiger partial charge in [-0.25, -0.2) is 4.79 Å². The smallest absolute Gasteiger partial charge is 0.339 e. The Morgan fingerprint density at radius 1 is 1.13 bits per heavy atom. The molecule has 2 atom stereocenters. The monoisotopic (exact) mass is 318 g/mol. The summed E-state index contributed by atoms with van der Waals surface area (Å²) in [6.45, 7) is 5.30. The lowest BCUT2D eigenvalue weighted by Gasteiger charge is -2.34. The lowest BCUT2D eigenvalue weighted by atomic mass is 9.92. The summed E-state index contributed by atoms with van der Waals surface area (Å²) in [6, 6.07) is 6.45. The van der Waals surface area contributed by atoms with Crippen LogP contribution in [0.15, 0.2) is 24.3 Å². The molecule has 1 aromatic carbocycles. The van der Waals surface area contributed by atoms with Gasteiger partial charge in [-0.05, 0) is 30.4 Å². The second kappa shape index (κ2) is 7.26. The molecule has 0 radical (unpaired) electrons. The zero-order valence-electron chi connectivity index (χ0n) is 13.7. The molecule has 1 N–H and O–H groups in total. The molecule has 1 fully saturated rings. The second-order valence-corrected chi connectivity index (χ2v) is 6.15. The Morgan fingerprint density at radius 3 is 2.35 bits per heavy atom. The maximum Gasteiger partial charge on any atom is 0.339 e. The summed E-state index contributed by atoms with van der Waals surface area (Å²) in [6.07, 6.45) is 1.05. The number of rotatable bonds is 2. The van der Waals surface area contributed by atoms with Crippen LogP contribution in [0.5, 0.6) is 0 Å². The molecule has 6 heteroatoms. The predicted molar refractivity (Wildman–Crippen MR) is 85.9 cm³/mol. The summed E-state index contributed by atoms with van der Waals surface area (Å²) in [5, 5.41) is 2.52. The average molecular weight is 318 g/mol.